The van der Waals surface area contributed by atoms with Gasteiger partial charge in [-0.25, -0.2) is 15.0 Å². The van der Waals surface area contributed by atoms with Gasteiger partial charge in [0.2, 0.25) is 0 Å². The molecular weight excluding hydrogens is 429 g/mol. The second-order valence-corrected chi connectivity index (χ2v) is 8.21. The summed E-state index contributed by atoms with van der Waals surface area (Å²) >= 11 is 0. The molecule has 2 saturated heterocycles. The van der Waals surface area contributed by atoms with Gasteiger partial charge in [0.25, 0.3) is 0 Å². The lowest BCUT2D eigenvalue weighted by Crippen LogP contribution is -2.56. The van der Waals surface area contributed by atoms with E-state index in [0.717, 1.165) is 0 Å². The Morgan fingerprint density at radius 3 is 2.59 bits per heavy atom. The van der Waals surface area contributed by atoms with Crippen LogP contribution in [0.15, 0.2) is 30.9 Å². The number of rotatable bonds is 6. The average molecular weight is 454 g/mol. The molecule has 0 aromatic carbocycles. The second-order valence-electron chi connectivity index (χ2n) is 8.21. The van der Waals surface area contributed by atoms with Crippen LogP contribution in [0.1, 0.15) is 38.3 Å². The van der Waals surface area contributed by atoms with Crippen molar-refractivity contribution in [2.24, 2.45) is 0 Å². The topological polar surface area (TPSA) is 103 Å². The highest BCUT2D eigenvalue weighted by molar-refractivity contribution is 5.35. The summed E-state index contributed by atoms with van der Waals surface area (Å²) < 4.78 is 57.1. The largest absolute Gasteiger partial charge is 0.434 e. The fraction of sp³-hybridized carbons (Fsp3) is 0.600. The van der Waals surface area contributed by atoms with E-state index in [9.17, 15) is 13.2 Å². The summed E-state index contributed by atoms with van der Waals surface area (Å²) in [7, 11) is 0. The molecule has 4 heterocycles. The molecule has 174 valence electrons. The number of alkyl halides is 3. The van der Waals surface area contributed by atoms with E-state index in [1.165, 1.54) is 6.20 Å². The SMILES string of the molecule is CC(NC[C@H]1OC[C@H](Nc2cncc(C(F)(F)F)n2)[C@H]2OC(C)(C)O[C@H]21)c1ncccn1. The summed E-state index contributed by atoms with van der Waals surface area (Å²) in [4.78, 5) is 15.8. The van der Waals surface area contributed by atoms with Crippen molar-refractivity contribution < 1.29 is 27.4 Å². The lowest BCUT2D eigenvalue weighted by atomic mass is 9.97. The van der Waals surface area contributed by atoms with Crippen molar-refractivity contribution in [3.63, 3.8) is 0 Å². The van der Waals surface area contributed by atoms with Crippen LogP contribution in [-0.2, 0) is 20.4 Å². The van der Waals surface area contributed by atoms with Gasteiger partial charge < -0.3 is 24.8 Å². The van der Waals surface area contributed by atoms with Gasteiger partial charge in [0.1, 0.15) is 23.9 Å². The van der Waals surface area contributed by atoms with Gasteiger partial charge in [-0.3, -0.25) is 4.98 Å². The summed E-state index contributed by atoms with van der Waals surface area (Å²) in [6.07, 6.45) is -0.534. The minimum absolute atomic E-state index is 0.00750. The summed E-state index contributed by atoms with van der Waals surface area (Å²) in [5, 5.41) is 6.31. The summed E-state index contributed by atoms with van der Waals surface area (Å²) in [6.45, 7) is 6.17. The van der Waals surface area contributed by atoms with Crippen molar-refractivity contribution in [3.8, 4) is 0 Å². The number of hydrogen-bond acceptors (Lipinski definition) is 9. The number of ether oxygens (including phenoxy) is 3. The number of fused-ring (bicyclic) bond motifs is 1. The lowest BCUT2D eigenvalue weighted by molar-refractivity contribution is -0.153. The van der Waals surface area contributed by atoms with E-state index < -0.39 is 35.9 Å². The lowest BCUT2D eigenvalue weighted by Gasteiger charge is -2.38. The summed E-state index contributed by atoms with van der Waals surface area (Å²) in [5.41, 5.74) is -1.07. The molecule has 0 aliphatic carbocycles. The van der Waals surface area contributed by atoms with E-state index in [1.807, 2.05) is 6.92 Å². The third-order valence-corrected chi connectivity index (χ3v) is 5.27. The average Bonchev–Trinajstić information content (AvgIpc) is 3.09. The molecule has 4 rings (SSSR count). The molecule has 12 heteroatoms. The van der Waals surface area contributed by atoms with Crippen LogP contribution in [0.3, 0.4) is 0 Å². The molecule has 2 aliphatic heterocycles. The van der Waals surface area contributed by atoms with E-state index in [-0.39, 0.29) is 24.6 Å². The maximum atomic E-state index is 13.0. The number of anilines is 1. The maximum Gasteiger partial charge on any atom is 0.434 e. The molecule has 0 radical (unpaired) electrons. The van der Waals surface area contributed by atoms with Crippen LogP contribution in [0.5, 0.6) is 0 Å². The van der Waals surface area contributed by atoms with E-state index in [1.54, 1.807) is 32.3 Å². The highest BCUT2D eigenvalue weighted by atomic mass is 19.4. The van der Waals surface area contributed by atoms with E-state index >= 15 is 0 Å². The molecule has 9 nitrogen and oxygen atoms in total. The Hall–Kier alpha value is -2.41. The van der Waals surface area contributed by atoms with Crippen LogP contribution in [0, 0.1) is 0 Å². The minimum Gasteiger partial charge on any atom is -0.372 e. The van der Waals surface area contributed by atoms with Gasteiger partial charge in [0.05, 0.1) is 37.2 Å². The number of halogens is 3. The van der Waals surface area contributed by atoms with Crippen molar-refractivity contribution >= 4 is 5.82 Å². The minimum atomic E-state index is -4.58. The first-order chi connectivity index (χ1) is 15.1. The van der Waals surface area contributed by atoms with Crippen LogP contribution in [0.4, 0.5) is 19.0 Å². The van der Waals surface area contributed by atoms with Gasteiger partial charge in [-0.15, -0.1) is 0 Å². The molecule has 0 bridgehead atoms. The van der Waals surface area contributed by atoms with Crippen LogP contribution < -0.4 is 10.6 Å². The van der Waals surface area contributed by atoms with Crippen molar-refractivity contribution in [2.75, 3.05) is 18.5 Å². The Morgan fingerprint density at radius 2 is 1.88 bits per heavy atom. The predicted octanol–water partition coefficient (Wildman–Crippen LogP) is 2.34. The third kappa shape index (κ3) is 5.14. The molecule has 32 heavy (non-hydrogen) atoms. The predicted molar refractivity (Wildman–Crippen MR) is 106 cm³/mol. The zero-order chi connectivity index (χ0) is 22.9. The molecule has 1 unspecified atom stereocenters. The van der Waals surface area contributed by atoms with Crippen LogP contribution in [-0.4, -0.2) is 63.2 Å². The van der Waals surface area contributed by atoms with Gasteiger partial charge in [0.15, 0.2) is 11.5 Å². The monoisotopic (exact) mass is 454 g/mol. The van der Waals surface area contributed by atoms with Gasteiger partial charge >= 0.3 is 6.18 Å². The zero-order valence-corrected chi connectivity index (χ0v) is 17.8. The summed E-state index contributed by atoms with van der Waals surface area (Å²) in [6, 6.07) is 1.18. The Bertz CT molecular complexity index is 917. The first-order valence-corrected chi connectivity index (χ1v) is 10.3. The van der Waals surface area contributed by atoms with Crippen LogP contribution in [0.25, 0.3) is 0 Å². The molecule has 0 spiro atoms. The smallest absolute Gasteiger partial charge is 0.372 e. The van der Waals surface area contributed by atoms with Gasteiger partial charge in [0, 0.05) is 18.9 Å². The highest BCUT2D eigenvalue weighted by Gasteiger charge is 2.52. The molecule has 2 N–H and O–H groups in total. The molecule has 2 aliphatic rings. The molecule has 5 atom stereocenters. The van der Waals surface area contributed by atoms with E-state index in [2.05, 4.69) is 30.6 Å². The third-order valence-electron chi connectivity index (χ3n) is 5.27. The number of nitrogens with zero attached hydrogens (tertiary/aromatic N) is 4. The fourth-order valence-corrected chi connectivity index (χ4v) is 3.81. The van der Waals surface area contributed by atoms with Crippen LogP contribution in [0.2, 0.25) is 0 Å². The number of aromatic nitrogens is 4. The van der Waals surface area contributed by atoms with Crippen molar-refractivity contribution in [1.29, 1.82) is 0 Å². The maximum absolute atomic E-state index is 13.0. The molecule has 0 saturated carbocycles. The molecule has 2 fully saturated rings. The van der Waals surface area contributed by atoms with Gasteiger partial charge in [-0.2, -0.15) is 13.2 Å². The summed E-state index contributed by atoms with van der Waals surface area (Å²) in [5.74, 6) is -0.215. The quantitative estimate of drug-likeness (QED) is 0.681. The number of hydrogen-bond donors (Lipinski definition) is 2. The number of nitrogens with one attached hydrogen (secondary N) is 2. The zero-order valence-electron chi connectivity index (χ0n) is 17.8. The van der Waals surface area contributed by atoms with E-state index in [0.29, 0.717) is 18.6 Å². The first kappa shape index (κ1) is 22.8. The normalized spacial score (nSPS) is 28.2. The Morgan fingerprint density at radius 1 is 1.16 bits per heavy atom. The standard InChI is InChI=1S/C20H25F3N6O3/c1-11(18-25-5-4-6-26-18)27-7-13-17-16(31-19(2,3)32-17)12(10-30-13)28-15-9-24-8-14(29-15)20(21,22)23/h4-6,8-9,11-13,16-17,27H,7,10H2,1-3H3,(H,28,29)/t11?,12-,13+,16+,17-/m0/s1. The van der Waals surface area contributed by atoms with Gasteiger partial charge in [-0.05, 0) is 26.8 Å². The molecular formula is C20H25F3N6O3. The highest BCUT2D eigenvalue weighted by Crippen LogP contribution is 2.36. The second kappa shape index (κ2) is 8.85. The van der Waals surface area contributed by atoms with E-state index in [4.69, 9.17) is 14.2 Å². The van der Waals surface area contributed by atoms with Gasteiger partial charge in [-0.1, -0.05) is 0 Å². The first-order valence-electron chi connectivity index (χ1n) is 10.3. The fourth-order valence-electron chi connectivity index (χ4n) is 3.81. The molecule has 0 amide bonds. The molecule has 2 aromatic heterocycles. The Labute approximate surface area is 183 Å². The Kier molecular flexibility index (Phi) is 6.30. The van der Waals surface area contributed by atoms with Crippen LogP contribution >= 0.6 is 0 Å². The van der Waals surface area contributed by atoms with Crippen molar-refractivity contribution in [3.05, 3.63) is 42.4 Å². The Balaban J connectivity index is 1.44. The van der Waals surface area contributed by atoms with Crippen molar-refractivity contribution in [1.82, 2.24) is 25.3 Å². The molecule has 2 aromatic rings. The van der Waals surface area contributed by atoms with Crippen molar-refractivity contribution in [2.45, 2.75) is 63.1 Å².